The van der Waals surface area contributed by atoms with Gasteiger partial charge in [0.1, 0.15) is 0 Å². The number of nitrogens with one attached hydrogen (secondary N) is 1. The summed E-state index contributed by atoms with van der Waals surface area (Å²) in [6.07, 6.45) is 0.834. The minimum absolute atomic E-state index is 0.0968. The number of hydrogen-bond donors (Lipinski definition) is 2. The summed E-state index contributed by atoms with van der Waals surface area (Å²) in [5.74, 6) is -0.0968. The van der Waals surface area contributed by atoms with E-state index in [9.17, 15) is 4.79 Å². The van der Waals surface area contributed by atoms with E-state index in [2.05, 4.69) is 5.32 Å². The van der Waals surface area contributed by atoms with Crippen molar-refractivity contribution in [1.82, 2.24) is 0 Å². The van der Waals surface area contributed by atoms with Crippen LogP contribution in [-0.2, 0) is 6.42 Å². The zero-order valence-electron chi connectivity index (χ0n) is 10.1. The van der Waals surface area contributed by atoms with Crippen LogP contribution >= 0.6 is 0 Å². The monoisotopic (exact) mass is 240 g/mol. The minimum atomic E-state index is -0.0968. The van der Waals surface area contributed by atoms with Gasteiger partial charge < -0.3 is 11.1 Å². The van der Waals surface area contributed by atoms with E-state index in [-0.39, 0.29) is 5.91 Å². The maximum atomic E-state index is 11.9. The van der Waals surface area contributed by atoms with Gasteiger partial charge in [0, 0.05) is 11.3 Å². The molecule has 0 radical (unpaired) electrons. The first-order valence-electron chi connectivity index (χ1n) is 5.95. The molecule has 3 N–H and O–H groups in total. The lowest BCUT2D eigenvalue weighted by molar-refractivity contribution is 0.102. The molecule has 18 heavy (non-hydrogen) atoms. The SMILES string of the molecule is NCCc1ccc(C(=O)Nc2ccccc2)cc1. The molecule has 92 valence electrons. The van der Waals surface area contributed by atoms with Gasteiger partial charge in [0.15, 0.2) is 0 Å². The van der Waals surface area contributed by atoms with Gasteiger partial charge in [-0.05, 0) is 42.8 Å². The van der Waals surface area contributed by atoms with Crippen molar-refractivity contribution >= 4 is 11.6 Å². The molecule has 0 fully saturated rings. The molecule has 0 saturated carbocycles. The molecule has 0 atom stereocenters. The Hall–Kier alpha value is -2.13. The highest BCUT2D eigenvalue weighted by Gasteiger charge is 2.05. The van der Waals surface area contributed by atoms with Crippen LogP contribution in [0.3, 0.4) is 0 Å². The predicted molar refractivity (Wildman–Crippen MR) is 73.6 cm³/mol. The number of benzene rings is 2. The van der Waals surface area contributed by atoms with Crippen molar-refractivity contribution in [3.63, 3.8) is 0 Å². The first-order chi connectivity index (χ1) is 8.79. The average Bonchev–Trinajstić information content (AvgIpc) is 2.41. The lowest BCUT2D eigenvalue weighted by Gasteiger charge is -2.05. The van der Waals surface area contributed by atoms with Crippen LogP contribution in [-0.4, -0.2) is 12.5 Å². The molecule has 0 spiro atoms. The largest absolute Gasteiger partial charge is 0.330 e. The van der Waals surface area contributed by atoms with Gasteiger partial charge in [-0.2, -0.15) is 0 Å². The number of amides is 1. The van der Waals surface area contributed by atoms with E-state index >= 15 is 0 Å². The molecule has 0 aliphatic rings. The van der Waals surface area contributed by atoms with Crippen molar-refractivity contribution in [1.29, 1.82) is 0 Å². The molecular formula is C15H16N2O. The first-order valence-corrected chi connectivity index (χ1v) is 5.95. The van der Waals surface area contributed by atoms with Crippen LogP contribution in [0.25, 0.3) is 0 Å². The third kappa shape index (κ3) is 3.18. The van der Waals surface area contributed by atoms with Crippen molar-refractivity contribution in [2.75, 3.05) is 11.9 Å². The van der Waals surface area contributed by atoms with Crippen LogP contribution in [0, 0.1) is 0 Å². The molecule has 0 bridgehead atoms. The summed E-state index contributed by atoms with van der Waals surface area (Å²) in [6, 6.07) is 16.9. The summed E-state index contributed by atoms with van der Waals surface area (Å²) in [4.78, 5) is 11.9. The minimum Gasteiger partial charge on any atom is -0.330 e. The summed E-state index contributed by atoms with van der Waals surface area (Å²) < 4.78 is 0. The molecular weight excluding hydrogens is 224 g/mol. The standard InChI is InChI=1S/C15H16N2O/c16-11-10-12-6-8-13(9-7-12)15(18)17-14-4-2-1-3-5-14/h1-9H,10-11,16H2,(H,17,18). The van der Waals surface area contributed by atoms with Gasteiger partial charge in [-0.3, -0.25) is 4.79 Å². The van der Waals surface area contributed by atoms with Crippen LogP contribution in [0.2, 0.25) is 0 Å². The van der Waals surface area contributed by atoms with Gasteiger partial charge >= 0.3 is 0 Å². The summed E-state index contributed by atoms with van der Waals surface area (Å²) in [6.45, 7) is 0.621. The quantitative estimate of drug-likeness (QED) is 0.862. The summed E-state index contributed by atoms with van der Waals surface area (Å²) >= 11 is 0. The molecule has 1 amide bonds. The van der Waals surface area contributed by atoms with E-state index in [0.717, 1.165) is 17.7 Å². The van der Waals surface area contributed by atoms with Crippen molar-refractivity contribution in [3.8, 4) is 0 Å². The fourth-order valence-electron chi connectivity index (χ4n) is 1.71. The molecule has 0 aliphatic carbocycles. The molecule has 2 aromatic carbocycles. The number of nitrogens with two attached hydrogens (primary N) is 1. The Balaban J connectivity index is 2.05. The van der Waals surface area contributed by atoms with Crippen LogP contribution in [0.1, 0.15) is 15.9 Å². The summed E-state index contributed by atoms with van der Waals surface area (Å²) in [5, 5.41) is 2.85. The number of hydrogen-bond acceptors (Lipinski definition) is 2. The van der Waals surface area contributed by atoms with Gasteiger partial charge in [-0.1, -0.05) is 30.3 Å². The maximum Gasteiger partial charge on any atom is 0.255 e. The molecule has 3 heteroatoms. The Morgan fingerprint density at radius 1 is 1.00 bits per heavy atom. The zero-order valence-corrected chi connectivity index (χ0v) is 10.1. The fourth-order valence-corrected chi connectivity index (χ4v) is 1.71. The van der Waals surface area contributed by atoms with Crippen molar-refractivity contribution in [2.24, 2.45) is 5.73 Å². The van der Waals surface area contributed by atoms with E-state index in [1.165, 1.54) is 0 Å². The molecule has 3 nitrogen and oxygen atoms in total. The Morgan fingerprint density at radius 3 is 2.28 bits per heavy atom. The molecule has 0 aromatic heterocycles. The van der Waals surface area contributed by atoms with Gasteiger partial charge in [0.05, 0.1) is 0 Å². The van der Waals surface area contributed by atoms with E-state index in [1.807, 2.05) is 54.6 Å². The Bertz CT molecular complexity index is 506. The second-order valence-corrected chi connectivity index (χ2v) is 4.06. The summed E-state index contributed by atoms with van der Waals surface area (Å²) in [7, 11) is 0. The Morgan fingerprint density at radius 2 is 1.67 bits per heavy atom. The highest BCUT2D eigenvalue weighted by Crippen LogP contribution is 2.10. The number of carbonyl (C=O) groups is 1. The second-order valence-electron chi connectivity index (χ2n) is 4.06. The fraction of sp³-hybridized carbons (Fsp3) is 0.133. The van der Waals surface area contributed by atoms with Crippen molar-refractivity contribution < 1.29 is 4.79 Å². The third-order valence-corrected chi connectivity index (χ3v) is 2.68. The van der Waals surface area contributed by atoms with Crippen molar-refractivity contribution in [3.05, 3.63) is 65.7 Å². The van der Waals surface area contributed by atoms with Gasteiger partial charge in [-0.25, -0.2) is 0 Å². The Kier molecular flexibility index (Phi) is 4.10. The molecule has 0 saturated heterocycles. The third-order valence-electron chi connectivity index (χ3n) is 2.68. The molecule has 2 aromatic rings. The second kappa shape index (κ2) is 5.98. The molecule has 0 unspecified atom stereocenters. The van der Waals surface area contributed by atoms with Crippen LogP contribution in [0.5, 0.6) is 0 Å². The van der Waals surface area contributed by atoms with Crippen LogP contribution < -0.4 is 11.1 Å². The molecule has 0 aliphatic heterocycles. The van der Waals surface area contributed by atoms with Gasteiger partial charge in [0.25, 0.3) is 5.91 Å². The number of rotatable bonds is 4. The average molecular weight is 240 g/mol. The highest BCUT2D eigenvalue weighted by atomic mass is 16.1. The van der Waals surface area contributed by atoms with Crippen LogP contribution in [0.4, 0.5) is 5.69 Å². The number of anilines is 1. The highest BCUT2D eigenvalue weighted by molar-refractivity contribution is 6.04. The first kappa shape index (κ1) is 12.3. The molecule has 2 rings (SSSR count). The maximum absolute atomic E-state index is 11.9. The lowest BCUT2D eigenvalue weighted by atomic mass is 10.1. The molecule has 0 heterocycles. The van der Waals surface area contributed by atoms with Crippen LogP contribution in [0.15, 0.2) is 54.6 Å². The van der Waals surface area contributed by atoms with E-state index < -0.39 is 0 Å². The van der Waals surface area contributed by atoms with E-state index in [4.69, 9.17) is 5.73 Å². The topological polar surface area (TPSA) is 55.1 Å². The van der Waals surface area contributed by atoms with E-state index in [1.54, 1.807) is 0 Å². The zero-order chi connectivity index (χ0) is 12.8. The number of para-hydroxylation sites is 1. The smallest absolute Gasteiger partial charge is 0.255 e. The predicted octanol–water partition coefficient (Wildman–Crippen LogP) is 2.44. The normalized spacial score (nSPS) is 10.1. The van der Waals surface area contributed by atoms with Gasteiger partial charge in [0.2, 0.25) is 0 Å². The van der Waals surface area contributed by atoms with Gasteiger partial charge in [-0.15, -0.1) is 0 Å². The van der Waals surface area contributed by atoms with Crippen molar-refractivity contribution in [2.45, 2.75) is 6.42 Å². The lowest BCUT2D eigenvalue weighted by Crippen LogP contribution is -2.11. The Labute approximate surface area is 107 Å². The van der Waals surface area contributed by atoms with E-state index in [0.29, 0.717) is 12.1 Å². The number of carbonyl (C=O) groups excluding carboxylic acids is 1. The summed E-state index contributed by atoms with van der Waals surface area (Å²) in [5.41, 5.74) is 8.08.